The maximum absolute atomic E-state index is 12.2. The molecule has 2 fully saturated rings. The molecule has 2 aromatic heterocycles. The van der Waals surface area contributed by atoms with Gasteiger partial charge in [-0.1, -0.05) is 5.16 Å². The third-order valence-corrected chi connectivity index (χ3v) is 5.33. The second kappa shape index (κ2) is 6.31. The highest BCUT2D eigenvalue weighted by Gasteiger charge is 2.29. The normalized spacial score (nSPS) is 21.4. The lowest BCUT2D eigenvalue weighted by atomic mass is 9.98. The first-order valence-electron chi connectivity index (χ1n) is 8.19. The zero-order valence-electron chi connectivity index (χ0n) is 12.9. The van der Waals surface area contributed by atoms with E-state index in [9.17, 15) is 4.79 Å². The lowest BCUT2D eigenvalue weighted by Crippen LogP contribution is -2.41. The second-order valence-electron chi connectivity index (χ2n) is 6.37. The quantitative estimate of drug-likeness (QED) is 0.911. The minimum Gasteiger partial charge on any atom is -0.360 e. The van der Waals surface area contributed by atoms with Crippen LogP contribution in [0.3, 0.4) is 0 Å². The molecule has 0 radical (unpaired) electrons. The molecule has 122 valence electrons. The average molecular weight is 332 g/mol. The lowest BCUT2D eigenvalue weighted by Gasteiger charge is -2.32. The summed E-state index contributed by atoms with van der Waals surface area (Å²) in [5.41, 5.74) is 0.402. The van der Waals surface area contributed by atoms with Crippen molar-refractivity contribution >= 4 is 22.4 Å². The molecule has 0 spiro atoms. The Labute approximate surface area is 138 Å². The number of nitrogens with zero attached hydrogens (tertiary/aromatic N) is 3. The van der Waals surface area contributed by atoms with Crippen LogP contribution in [0.1, 0.15) is 47.8 Å². The first-order valence-corrected chi connectivity index (χ1v) is 9.07. The molecular formula is C16H20N4O2S. The van der Waals surface area contributed by atoms with Crippen LogP contribution in [0.5, 0.6) is 0 Å². The topological polar surface area (TPSA) is 71.3 Å². The smallest absolute Gasteiger partial charge is 0.273 e. The molecule has 2 aliphatic rings. The molecule has 1 atom stereocenters. The molecule has 1 saturated carbocycles. The molecule has 2 aromatic rings. The summed E-state index contributed by atoms with van der Waals surface area (Å²) >= 11 is 1.67. The van der Waals surface area contributed by atoms with E-state index < -0.39 is 0 Å². The van der Waals surface area contributed by atoms with Gasteiger partial charge in [-0.3, -0.25) is 4.79 Å². The Balaban J connectivity index is 1.30. The SMILES string of the molecule is O=C(NCC1CCCN(c2nccs2)C1)c1cc(C2CC2)on1. The Morgan fingerprint density at radius 2 is 2.35 bits per heavy atom. The Bertz CT molecular complexity index is 665. The van der Waals surface area contributed by atoms with Crippen LogP contribution in [-0.2, 0) is 0 Å². The number of anilines is 1. The van der Waals surface area contributed by atoms with E-state index in [1.54, 1.807) is 17.4 Å². The van der Waals surface area contributed by atoms with E-state index in [0.717, 1.165) is 49.7 Å². The highest BCUT2D eigenvalue weighted by molar-refractivity contribution is 7.13. The summed E-state index contributed by atoms with van der Waals surface area (Å²) in [6, 6.07) is 1.79. The number of hydrogen-bond acceptors (Lipinski definition) is 6. The molecule has 4 rings (SSSR count). The van der Waals surface area contributed by atoms with E-state index in [0.29, 0.717) is 24.1 Å². The van der Waals surface area contributed by atoms with E-state index in [4.69, 9.17) is 4.52 Å². The summed E-state index contributed by atoms with van der Waals surface area (Å²) in [6.45, 7) is 2.66. The zero-order valence-corrected chi connectivity index (χ0v) is 13.7. The summed E-state index contributed by atoms with van der Waals surface area (Å²) in [4.78, 5) is 18.9. The van der Waals surface area contributed by atoms with Gasteiger partial charge < -0.3 is 14.7 Å². The summed E-state index contributed by atoms with van der Waals surface area (Å²) in [7, 11) is 0. The van der Waals surface area contributed by atoms with Crippen LogP contribution in [0, 0.1) is 5.92 Å². The minimum atomic E-state index is -0.132. The molecule has 1 unspecified atom stereocenters. The maximum Gasteiger partial charge on any atom is 0.273 e. The zero-order chi connectivity index (χ0) is 15.6. The van der Waals surface area contributed by atoms with Crippen LogP contribution in [0.2, 0.25) is 0 Å². The van der Waals surface area contributed by atoms with Crippen LogP contribution >= 0.6 is 11.3 Å². The Morgan fingerprint density at radius 1 is 1.43 bits per heavy atom. The number of carbonyl (C=O) groups excluding carboxylic acids is 1. The number of aromatic nitrogens is 2. The average Bonchev–Trinajstić information content (AvgIpc) is 3.09. The van der Waals surface area contributed by atoms with E-state index in [-0.39, 0.29) is 5.91 Å². The summed E-state index contributed by atoms with van der Waals surface area (Å²) in [5.74, 6) is 1.65. The van der Waals surface area contributed by atoms with Crippen molar-refractivity contribution in [3.05, 3.63) is 29.1 Å². The van der Waals surface area contributed by atoms with Crippen molar-refractivity contribution in [2.24, 2.45) is 5.92 Å². The number of carbonyl (C=O) groups is 1. The molecule has 1 aliphatic heterocycles. The standard InChI is InChI=1S/C16H20N4O2S/c21-15(13-8-14(22-19-13)12-3-4-12)18-9-11-2-1-6-20(10-11)16-17-5-7-23-16/h5,7-8,11-12H,1-4,6,9-10H2,(H,18,21). The van der Waals surface area contributed by atoms with Crippen molar-refractivity contribution in [1.82, 2.24) is 15.5 Å². The van der Waals surface area contributed by atoms with Crippen molar-refractivity contribution in [3.8, 4) is 0 Å². The van der Waals surface area contributed by atoms with Gasteiger partial charge >= 0.3 is 0 Å². The minimum absolute atomic E-state index is 0.132. The van der Waals surface area contributed by atoms with Gasteiger partial charge in [0.05, 0.1) is 0 Å². The van der Waals surface area contributed by atoms with Crippen molar-refractivity contribution in [2.75, 3.05) is 24.5 Å². The third-order valence-electron chi connectivity index (χ3n) is 4.50. The molecule has 1 N–H and O–H groups in total. The van der Waals surface area contributed by atoms with Gasteiger partial charge in [-0.05, 0) is 31.6 Å². The number of thiazole rings is 1. The monoisotopic (exact) mass is 332 g/mol. The van der Waals surface area contributed by atoms with Crippen LogP contribution in [0.15, 0.2) is 22.2 Å². The fourth-order valence-electron chi connectivity index (χ4n) is 3.06. The summed E-state index contributed by atoms with van der Waals surface area (Å²) in [6.07, 6.45) is 6.40. The maximum atomic E-state index is 12.2. The summed E-state index contributed by atoms with van der Waals surface area (Å²) in [5, 5.41) is 9.97. The van der Waals surface area contributed by atoms with E-state index >= 15 is 0 Å². The fraction of sp³-hybridized carbons (Fsp3) is 0.562. The molecule has 0 aromatic carbocycles. The molecule has 1 amide bonds. The van der Waals surface area contributed by atoms with E-state index in [1.807, 2.05) is 11.6 Å². The molecule has 1 saturated heterocycles. The number of hydrogen-bond donors (Lipinski definition) is 1. The van der Waals surface area contributed by atoms with Gasteiger partial charge in [-0.25, -0.2) is 4.98 Å². The van der Waals surface area contributed by atoms with Gasteiger partial charge in [-0.15, -0.1) is 11.3 Å². The Morgan fingerprint density at radius 3 is 3.13 bits per heavy atom. The van der Waals surface area contributed by atoms with Crippen molar-refractivity contribution in [3.63, 3.8) is 0 Å². The van der Waals surface area contributed by atoms with Crippen LogP contribution in [0.4, 0.5) is 5.13 Å². The fourth-order valence-corrected chi connectivity index (χ4v) is 3.74. The molecule has 7 heteroatoms. The molecular weight excluding hydrogens is 312 g/mol. The van der Waals surface area contributed by atoms with Crippen molar-refractivity contribution < 1.29 is 9.32 Å². The number of rotatable bonds is 5. The van der Waals surface area contributed by atoms with E-state index in [1.165, 1.54) is 0 Å². The number of piperidine rings is 1. The van der Waals surface area contributed by atoms with Gasteiger partial charge in [0, 0.05) is 43.2 Å². The number of amides is 1. The second-order valence-corrected chi connectivity index (χ2v) is 7.24. The molecule has 6 nitrogen and oxygen atoms in total. The lowest BCUT2D eigenvalue weighted by molar-refractivity contribution is 0.0936. The summed E-state index contributed by atoms with van der Waals surface area (Å²) < 4.78 is 5.24. The largest absolute Gasteiger partial charge is 0.360 e. The highest BCUT2D eigenvalue weighted by atomic mass is 32.1. The molecule has 23 heavy (non-hydrogen) atoms. The molecule has 0 bridgehead atoms. The first kappa shape index (κ1) is 14.7. The first-order chi connectivity index (χ1) is 11.3. The predicted molar refractivity (Wildman–Crippen MR) is 87.9 cm³/mol. The van der Waals surface area contributed by atoms with Gasteiger partial charge in [0.15, 0.2) is 10.8 Å². The van der Waals surface area contributed by atoms with Gasteiger partial charge in [0.25, 0.3) is 5.91 Å². The number of nitrogens with one attached hydrogen (secondary N) is 1. The van der Waals surface area contributed by atoms with Crippen LogP contribution in [0.25, 0.3) is 0 Å². The predicted octanol–water partition coefficient (Wildman–Crippen LogP) is 2.65. The van der Waals surface area contributed by atoms with Gasteiger partial charge in [-0.2, -0.15) is 0 Å². The molecule has 1 aliphatic carbocycles. The third kappa shape index (κ3) is 3.39. The van der Waals surface area contributed by atoms with Crippen molar-refractivity contribution in [1.29, 1.82) is 0 Å². The Kier molecular flexibility index (Phi) is 4.03. The van der Waals surface area contributed by atoms with Gasteiger partial charge in [0.1, 0.15) is 5.76 Å². The highest BCUT2D eigenvalue weighted by Crippen LogP contribution is 2.40. The molecule has 3 heterocycles. The van der Waals surface area contributed by atoms with Gasteiger partial charge in [0.2, 0.25) is 0 Å². The van der Waals surface area contributed by atoms with E-state index in [2.05, 4.69) is 20.4 Å². The van der Waals surface area contributed by atoms with Crippen LogP contribution < -0.4 is 10.2 Å². The Hall–Kier alpha value is -1.89. The van der Waals surface area contributed by atoms with Crippen molar-refractivity contribution in [2.45, 2.75) is 31.6 Å². The van der Waals surface area contributed by atoms with Crippen LogP contribution in [-0.4, -0.2) is 35.7 Å².